The molecule has 0 aliphatic heterocycles. The average molecular weight is 603 g/mol. The van der Waals surface area contributed by atoms with E-state index in [1.807, 2.05) is 12.1 Å². The quantitative estimate of drug-likeness (QED) is 0.201. The number of fused-ring (bicyclic) bond motifs is 7. The van der Waals surface area contributed by atoms with E-state index in [0.717, 1.165) is 66.3 Å². The summed E-state index contributed by atoms with van der Waals surface area (Å²) in [4.78, 5) is 10.5. The molecular weight excluding hydrogens is 576 g/mol. The van der Waals surface area contributed by atoms with Crippen LogP contribution >= 0.6 is 0 Å². The van der Waals surface area contributed by atoms with Crippen molar-refractivity contribution in [3.05, 3.63) is 158 Å². The lowest BCUT2D eigenvalue weighted by molar-refractivity contribution is 0.614. The van der Waals surface area contributed by atoms with Crippen LogP contribution in [0.4, 0.5) is 0 Å². The van der Waals surface area contributed by atoms with Crippen LogP contribution in [0.5, 0.6) is 0 Å². The van der Waals surface area contributed by atoms with E-state index in [1.54, 1.807) is 6.26 Å². The Bertz CT molecular complexity index is 2800. The first-order valence-electron chi connectivity index (χ1n) is 15.8. The number of nitrogens with zero attached hydrogens (tertiary/aromatic N) is 4. The molecule has 0 amide bonds. The number of hydrogen-bond donors (Lipinski definition) is 0. The van der Waals surface area contributed by atoms with Gasteiger partial charge in [0.2, 0.25) is 5.95 Å². The van der Waals surface area contributed by atoms with Crippen molar-refractivity contribution in [2.24, 2.45) is 0 Å². The Labute approximate surface area is 269 Å². The molecule has 10 rings (SSSR count). The monoisotopic (exact) mass is 602 g/mol. The van der Waals surface area contributed by atoms with Gasteiger partial charge in [0, 0.05) is 39.7 Å². The van der Waals surface area contributed by atoms with E-state index in [9.17, 15) is 0 Å². The van der Waals surface area contributed by atoms with Gasteiger partial charge in [0.05, 0.1) is 22.8 Å². The molecule has 0 saturated heterocycles. The van der Waals surface area contributed by atoms with Crippen LogP contribution in [-0.4, -0.2) is 19.1 Å². The lowest BCUT2D eigenvalue weighted by Gasteiger charge is -2.14. The third-order valence-corrected chi connectivity index (χ3v) is 9.29. The van der Waals surface area contributed by atoms with Crippen molar-refractivity contribution in [1.82, 2.24) is 19.1 Å². The maximum absolute atomic E-state index is 6.11. The van der Waals surface area contributed by atoms with E-state index in [4.69, 9.17) is 14.4 Å². The van der Waals surface area contributed by atoms with Gasteiger partial charge in [-0.3, -0.25) is 4.57 Å². The zero-order valence-electron chi connectivity index (χ0n) is 25.2. The Kier molecular flexibility index (Phi) is 5.51. The summed E-state index contributed by atoms with van der Waals surface area (Å²) in [5.74, 6) is 0.604. The van der Waals surface area contributed by atoms with Gasteiger partial charge < -0.3 is 8.98 Å². The topological polar surface area (TPSA) is 48.8 Å². The minimum atomic E-state index is 0.604. The van der Waals surface area contributed by atoms with Crippen LogP contribution in [-0.2, 0) is 0 Å². The minimum absolute atomic E-state index is 0.604. The maximum atomic E-state index is 6.11. The molecule has 0 aliphatic carbocycles. The summed E-state index contributed by atoms with van der Waals surface area (Å²) in [6.45, 7) is 0. The SMILES string of the molecule is c1ccc(-n2ccc3c2ccc2c4ccccc4n(-c4nc(-c5ccccc5-c5cccc6ccccc56)c5occc5n4)c23)cc1. The molecule has 5 heteroatoms. The summed E-state index contributed by atoms with van der Waals surface area (Å²) in [6, 6.07) is 51.0. The third-order valence-electron chi connectivity index (χ3n) is 9.29. The zero-order chi connectivity index (χ0) is 30.9. The van der Waals surface area contributed by atoms with Crippen LogP contribution in [0.2, 0.25) is 0 Å². The number of furan rings is 1. The van der Waals surface area contributed by atoms with Crippen LogP contribution in [0.25, 0.3) is 88.6 Å². The molecule has 4 heterocycles. The van der Waals surface area contributed by atoms with Crippen LogP contribution in [0.1, 0.15) is 0 Å². The molecule has 0 bridgehead atoms. The summed E-state index contributed by atoms with van der Waals surface area (Å²) in [6.07, 6.45) is 3.85. The molecule has 0 fully saturated rings. The molecule has 0 saturated carbocycles. The molecule has 0 aliphatic rings. The molecule has 5 nitrogen and oxygen atoms in total. The fraction of sp³-hybridized carbons (Fsp3) is 0. The summed E-state index contributed by atoms with van der Waals surface area (Å²) in [5, 5.41) is 5.84. The standard InChI is InChI=1S/C42H26N4O/c1-2-13-28(14-3-1)45-25-23-35-37(45)22-21-34-32-17-8-9-20-38(32)46(40(34)35)42-43-36-24-26-47-41(36)39(44-42)33-18-7-6-16-31(33)30-19-10-12-27-11-4-5-15-29(27)30/h1-26H. The fourth-order valence-electron chi connectivity index (χ4n) is 7.22. The zero-order valence-corrected chi connectivity index (χ0v) is 25.2. The Balaban J connectivity index is 1.28. The van der Waals surface area contributed by atoms with Crippen LogP contribution in [0, 0.1) is 0 Å². The maximum Gasteiger partial charge on any atom is 0.236 e. The van der Waals surface area contributed by atoms with Gasteiger partial charge in [0.25, 0.3) is 0 Å². The molecule has 0 unspecified atom stereocenters. The highest BCUT2D eigenvalue weighted by molar-refractivity contribution is 6.18. The highest BCUT2D eigenvalue weighted by Crippen LogP contribution is 2.41. The van der Waals surface area contributed by atoms with E-state index in [0.29, 0.717) is 11.5 Å². The predicted molar refractivity (Wildman–Crippen MR) is 191 cm³/mol. The van der Waals surface area contributed by atoms with Crippen LogP contribution in [0.3, 0.4) is 0 Å². The second kappa shape index (κ2) is 10.0. The first-order chi connectivity index (χ1) is 23.3. The van der Waals surface area contributed by atoms with Gasteiger partial charge in [-0.05, 0) is 52.2 Å². The molecule has 0 N–H and O–H groups in total. The van der Waals surface area contributed by atoms with Gasteiger partial charge in [0.1, 0.15) is 11.2 Å². The number of para-hydroxylation sites is 2. The average Bonchev–Trinajstić information content (AvgIpc) is 3.87. The van der Waals surface area contributed by atoms with Crippen molar-refractivity contribution in [2.75, 3.05) is 0 Å². The van der Waals surface area contributed by atoms with E-state index in [1.165, 1.54) is 10.8 Å². The smallest absolute Gasteiger partial charge is 0.236 e. The highest BCUT2D eigenvalue weighted by Gasteiger charge is 2.22. The number of aromatic nitrogens is 4. The van der Waals surface area contributed by atoms with Crippen molar-refractivity contribution < 1.29 is 4.42 Å². The van der Waals surface area contributed by atoms with Crippen molar-refractivity contribution >= 4 is 54.6 Å². The normalized spacial score (nSPS) is 11.8. The van der Waals surface area contributed by atoms with Crippen LogP contribution < -0.4 is 0 Å². The molecule has 0 spiro atoms. The van der Waals surface area contributed by atoms with Gasteiger partial charge in [-0.1, -0.05) is 109 Å². The van der Waals surface area contributed by atoms with Crippen molar-refractivity contribution in [3.63, 3.8) is 0 Å². The van der Waals surface area contributed by atoms with E-state index < -0.39 is 0 Å². The van der Waals surface area contributed by atoms with Crippen molar-refractivity contribution in [2.45, 2.75) is 0 Å². The van der Waals surface area contributed by atoms with E-state index in [-0.39, 0.29) is 0 Å². The molecule has 220 valence electrons. The van der Waals surface area contributed by atoms with Gasteiger partial charge in [-0.15, -0.1) is 0 Å². The molecule has 10 aromatic rings. The highest BCUT2D eigenvalue weighted by atomic mass is 16.3. The lowest BCUT2D eigenvalue weighted by Crippen LogP contribution is -2.03. The summed E-state index contributed by atoms with van der Waals surface area (Å²) in [7, 11) is 0. The predicted octanol–water partition coefficient (Wildman–Crippen LogP) is 10.8. The van der Waals surface area contributed by atoms with Gasteiger partial charge >= 0.3 is 0 Å². The van der Waals surface area contributed by atoms with Crippen molar-refractivity contribution in [3.8, 4) is 34.0 Å². The molecular formula is C42H26N4O. The molecule has 4 aromatic heterocycles. The number of benzene rings is 6. The summed E-state index contributed by atoms with van der Waals surface area (Å²) in [5.41, 5.74) is 9.81. The third kappa shape index (κ3) is 3.83. The lowest BCUT2D eigenvalue weighted by atomic mass is 9.93. The van der Waals surface area contributed by atoms with Gasteiger partial charge in [0.15, 0.2) is 5.58 Å². The van der Waals surface area contributed by atoms with Gasteiger partial charge in [-0.2, -0.15) is 0 Å². The van der Waals surface area contributed by atoms with Crippen molar-refractivity contribution in [1.29, 1.82) is 0 Å². The number of hydrogen-bond acceptors (Lipinski definition) is 3. The van der Waals surface area contributed by atoms with Crippen LogP contribution in [0.15, 0.2) is 162 Å². The van der Waals surface area contributed by atoms with E-state index >= 15 is 0 Å². The summed E-state index contributed by atoms with van der Waals surface area (Å²) < 4.78 is 10.6. The minimum Gasteiger partial charge on any atom is -0.460 e. The summed E-state index contributed by atoms with van der Waals surface area (Å²) >= 11 is 0. The Hall–Kier alpha value is -6.46. The second-order valence-electron chi connectivity index (χ2n) is 11.8. The van der Waals surface area contributed by atoms with Gasteiger partial charge in [-0.25, -0.2) is 9.97 Å². The Morgan fingerprint density at radius 2 is 1.23 bits per heavy atom. The molecule has 0 atom stereocenters. The molecule has 47 heavy (non-hydrogen) atoms. The largest absolute Gasteiger partial charge is 0.460 e. The Morgan fingerprint density at radius 3 is 2.15 bits per heavy atom. The first kappa shape index (κ1) is 25.8. The Morgan fingerprint density at radius 1 is 0.489 bits per heavy atom. The number of rotatable bonds is 4. The fourth-order valence-corrected chi connectivity index (χ4v) is 7.22. The second-order valence-corrected chi connectivity index (χ2v) is 11.8. The first-order valence-corrected chi connectivity index (χ1v) is 15.8. The van der Waals surface area contributed by atoms with E-state index in [2.05, 4.69) is 149 Å². The molecule has 0 radical (unpaired) electrons. The molecule has 6 aromatic carbocycles.